The Balaban J connectivity index is 2.40. The molecular weight excluding hydrogens is 219 g/mol. The van der Waals surface area contributed by atoms with Crippen molar-refractivity contribution < 1.29 is 29.2 Å². The van der Waals surface area contributed by atoms with Gasteiger partial charge in [0.25, 0.3) is 0 Å². The number of alkyl halides is 1. The van der Waals surface area contributed by atoms with E-state index in [4.69, 9.17) is 9.47 Å². The van der Waals surface area contributed by atoms with E-state index in [-0.39, 0.29) is 6.61 Å². The topological polar surface area (TPSA) is 79.2 Å². The monoisotopic (exact) mass is 238 g/mol. The van der Waals surface area contributed by atoms with E-state index in [0.29, 0.717) is 6.61 Å². The van der Waals surface area contributed by atoms with Crippen LogP contribution in [0, 0.1) is 0 Å². The highest BCUT2D eigenvalue weighted by molar-refractivity contribution is 4.99. The molecule has 5 nitrogen and oxygen atoms in total. The molecule has 0 aromatic heterocycles. The second kappa shape index (κ2) is 5.88. The van der Waals surface area contributed by atoms with Crippen LogP contribution in [-0.4, -0.2) is 59.3 Å². The lowest BCUT2D eigenvalue weighted by atomic mass is 9.97. The summed E-state index contributed by atoms with van der Waals surface area (Å²) in [6.07, 6.45) is -2.24. The third kappa shape index (κ3) is 2.70. The Kier molecular flexibility index (Phi) is 5.07. The average molecular weight is 238 g/mol. The summed E-state index contributed by atoms with van der Waals surface area (Å²) in [4.78, 5) is 0. The standard InChI is InChI=1S/C10H19FO5/c1-2-3-4-15-5-7-8(12)10(14,6-11)9(13)16-7/h7-9,12-14H,2-6H2,1H3/t7-,8?,9?,10?/m1/s1. The molecule has 1 rings (SSSR count). The third-order valence-electron chi connectivity index (χ3n) is 2.73. The SMILES string of the molecule is CCCCOC[C@H]1OC(O)C(O)(CF)C1O. The highest BCUT2D eigenvalue weighted by Gasteiger charge is 2.55. The molecule has 1 heterocycles. The van der Waals surface area contributed by atoms with Crippen LogP contribution in [0.25, 0.3) is 0 Å². The number of halogens is 1. The minimum atomic E-state index is -2.24. The van der Waals surface area contributed by atoms with Gasteiger partial charge in [-0.1, -0.05) is 13.3 Å². The number of aliphatic hydroxyl groups is 3. The summed E-state index contributed by atoms with van der Waals surface area (Å²) in [5.41, 5.74) is -2.24. The zero-order valence-electron chi connectivity index (χ0n) is 9.30. The number of unbranched alkanes of at least 4 members (excludes halogenated alkanes) is 1. The van der Waals surface area contributed by atoms with Crippen molar-refractivity contribution in [3.05, 3.63) is 0 Å². The summed E-state index contributed by atoms with van der Waals surface area (Å²) in [5, 5.41) is 28.4. The van der Waals surface area contributed by atoms with E-state index < -0.39 is 30.8 Å². The normalized spacial score (nSPS) is 39.2. The molecule has 0 aromatic carbocycles. The summed E-state index contributed by atoms with van der Waals surface area (Å²) >= 11 is 0. The van der Waals surface area contributed by atoms with E-state index in [2.05, 4.69) is 0 Å². The lowest BCUT2D eigenvalue weighted by Gasteiger charge is -2.24. The van der Waals surface area contributed by atoms with Gasteiger partial charge in [-0.3, -0.25) is 0 Å². The zero-order chi connectivity index (χ0) is 12.2. The van der Waals surface area contributed by atoms with Gasteiger partial charge in [0.2, 0.25) is 0 Å². The Bertz CT molecular complexity index is 215. The Labute approximate surface area is 93.8 Å². The van der Waals surface area contributed by atoms with E-state index in [9.17, 15) is 19.7 Å². The fourth-order valence-electron chi connectivity index (χ4n) is 1.55. The molecule has 4 atom stereocenters. The van der Waals surface area contributed by atoms with Crippen molar-refractivity contribution in [2.24, 2.45) is 0 Å². The molecule has 0 spiro atoms. The molecule has 3 N–H and O–H groups in total. The van der Waals surface area contributed by atoms with Crippen LogP contribution in [0.4, 0.5) is 4.39 Å². The molecule has 0 bridgehead atoms. The molecule has 1 aliphatic rings. The second-order valence-corrected chi connectivity index (χ2v) is 4.03. The van der Waals surface area contributed by atoms with Crippen molar-refractivity contribution in [3.63, 3.8) is 0 Å². The van der Waals surface area contributed by atoms with Gasteiger partial charge in [0, 0.05) is 6.61 Å². The van der Waals surface area contributed by atoms with E-state index in [0.717, 1.165) is 12.8 Å². The van der Waals surface area contributed by atoms with E-state index >= 15 is 0 Å². The van der Waals surface area contributed by atoms with Crippen LogP contribution in [0.5, 0.6) is 0 Å². The fourth-order valence-corrected chi connectivity index (χ4v) is 1.55. The number of hydrogen-bond donors (Lipinski definition) is 3. The molecule has 3 unspecified atom stereocenters. The number of rotatable bonds is 6. The molecule has 0 aromatic rings. The first-order chi connectivity index (χ1) is 7.56. The predicted molar refractivity (Wildman–Crippen MR) is 53.5 cm³/mol. The molecule has 96 valence electrons. The highest BCUT2D eigenvalue weighted by Crippen LogP contribution is 2.30. The molecule has 1 aliphatic heterocycles. The van der Waals surface area contributed by atoms with Gasteiger partial charge < -0.3 is 24.8 Å². The molecule has 0 aliphatic carbocycles. The lowest BCUT2D eigenvalue weighted by Crippen LogP contribution is -2.50. The van der Waals surface area contributed by atoms with Gasteiger partial charge >= 0.3 is 0 Å². The van der Waals surface area contributed by atoms with E-state index in [1.165, 1.54) is 0 Å². The zero-order valence-corrected chi connectivity index (χ0v) is 9.30. The van der Waals surface area contributed by atoms with Crippen LogP contribution in [0.15, 0.2) is 0 Å². The Morgan fingerprint density at radius 3 is 2.62 bits per heavy atom. The summed E-state index contributed by atoms with van der Waals surface area (Å²) in [6, 6.07) is 0. The maximum absolute atomic E-state index is 12.5. The van der Waals surface area contributed by atoms with Gasteiger partial charge in [-0.05, 0) is 6.42 Å². The summed E-state index contributed by atoms with van der Waals surface area (Å²) in [6.45, 7) is 1.28. The average Bonchev–Trinajstić information content (AvgIpc) is 2.50. The van der Waals surface area contributed by atoms with Crippen molar-refractivity contribution >= 4 is 0 Å². The van der Waals surface area contributed by atoms with Gasteiger partial charge in [-0.2, -0.15) is 0 Å². The molecular formula is C10H19FO5. The first-order valence-corrected chi connectivity index (χ1v) is 5.44. The van der Waals surface area contributed by atoms with Crippen molar-refractivity contribution in [2.75, 3.05) is 19.9 Å². The van der Waals surface area contributed by atoms with Crippen LogP contribution in [0.1, 0.15) is 19.8 Å². The smallest absolute Gasteiger partial charge is 0.189 e. The third-order valence-corrected chi connectivity index (χ3v) is 2.73. The highest BCUT2D eigenvalue weighted by atomic mass is 19.1. The summed E-state index contributed by atoms with van der Waals surface area (Å²) < 4.78 is 22.5. The van der Waals surface area contributed by atoms with Gasteiger partial charge in [0.15, 0.2) is 11.9 Å². The minimum absolute atomic E-state index is 0.0283. The van der Waals surface area contributed by atoms with Gasteiger partial charge in [0.1, 0.15) is 18.9 Å². The summed E-state index contributed by atoms with van der Waals surface area (Å²) in [7, 11) is 0. The van der Waals surface area contributed by atoms with Gasteiger partial charge in [0.05, 0.1) is 6.61 Å². The molecule has 0 radical (unpaired) electrons. The Morgan fingerprint density at radius 1 is 1.44 bits per heavy atom. The van der Waals surface area contributed by atoms with Crippen molar-refractivity contribution in [2.45, 2.75) is 43.9 Å². The van der Waals surface area contributed by atoms with Crippen LogP contribution < -0.4 is 0 Å². The Morgan fingerprint density at radius 2 is 2.12 bits per heavy atom. The van der Waals surface area contributed by atoms with Crippen molar-refractivity contribution in [3.8, 4) is 0 Å². The van der Waals surface area contributed by atoms with E-state index in [1.807, 2.05) is 6.92 Å². The number of ether oxygens (including phenoxy) is 2. The molecule has 1 saturated heterocycles. The molecule has 1 fully saturated rings. The minimum Gasteiger partial charge on any atom is -0.387 e. The molecule has 16 heavy (non-hydrogen) atoms. The maximum Gasteiger partial charge on any atom is 0.189 e. The molecule has 0 saturated carbocycles. The van der Waals surface area contributed by atoms with Gasteiger partial charge in [-0.15, -0.1) is 0 Å². The van der Waals surface area contributed by atoms with E-state index in [1.54, 1.807) is 0 Å². The predicted octanol–water partition coefficient (Wildman–Crippen LogP) is -0.418. The lowest BCUT2D eigenvalue weighted by molar-refractivity contribution is -0.183. The molecule has 6 heteroatoms. The number of aliphatic hydroxyl groups excluding tert-OH is 2. The maximum atomic E-state index is 12.5. The van der Waals surface area contributed by atoms with Crippen LogP contribution in [0.2, 0.25) is 0 Å². The van der Waals surface area contributed by atoms with Crippen molar-refractivity contribution in [1.82, 2.24) is 0 Å². The molecule has 0 amide bonds. The summed E-state index contributed by atoms with van der Waals surface area (Å²) in [5.74, 6) is 0. The second-order valence-electron chi connectivity index (χ2n) is 4.03. The van der Waals surface area contributed by atoms with Gasteiger partial charge in [-0.25, -0.2) is 4.39 Å². The van der Waals surface area contributed by atoms with Crippen LogP contribution in [-0.2, 0) is 9.47 Å². The Hall–Kier alpha value is -0.270. The first-order valence-electron chi connectivity index (χ1n) is 5.44. The fraction of sp³-hybridized carbons (Fsp3) is 1.00. The van der Waals surface area contributed by atoms with Crippen molar-refractivity contribution in [1.29, 1.82) is 0 Å². The van der Waals surface area contributed by atoms with Crippen LogP contribution in [0.3, 0.4) is 0 Å². The number of hydrogen-bond acceptors (Lipinski definition) is 5. The first kappa shape index (κ1) is 13.8. The van der Waals surface area contributed by atoms with Crippen LogP contribution >= 0.6 is 0 Å². The largest absolute Gasteiger partial charge is 0.387 e. The quantitative estimate of drug-likeness (QED) is 0.548.